The van der Waals surface area contributed by atoms with Crippen molar-refractivity contribution in [1.29, 1.82) is 0 Å². The second-order valence-electron chi connectivity index (χ2n) is 6.69. The highest BCUT2D eigenvalue weighted by molar-refractivity contribution is 6.05. The van der Waals surface area contributed by atoms with Gasteiger partial charge >= 0.3 is 0 Å². The topological polar surface area (TPSA) is 58.2 Å². The van der Waals surface area contributed by atoms with E-state index in [-0.39, 0.29) is 17.9 Å². The Labute approximate surface area is 165 Å². The summed E-state index contributed by atoms with van der Waals surface area (Å²) in [5.41, 5.74) is 4.04. The number of rotatable bonds is 6. The highest BCUT2D eigenvalue weighted by atomic mass is 16.2. The van der Waals surface area contributed by atoms with Crippen LogP contribution in [0.1, 0.15) is 51.7 Å². The van der Waals surface area contributed by atoms with Crippen LogP contribution in [0, 0.1) is 0 Å². The van der Waals surface area contributed by atoms with Crippen LogP contribution in [0.5, 0.6) is 0 Å². The van der Waals surface area contributed by atoms with Crippen LogP contribution in [-0.4, -0.2) is 11.8 Å². The number of aryl methyl sites for hydroxylation is 1. The predicted molar refractivity (Wildman–Crippen MR) is 113 cm³/mol. The average Bonchev–Trinajstić information content (AvgIpc) is 2.75. The molecule has 0 heterocycles. The molecule has 2 N–H and O–H groups in total. The van der Waals surface area contributed by atoms with Crippen LogP contribution in [0.3, 0.4) is 0 Å². The highest BCUT2D eigenvalue weighted by Gasteiger charge is 2.12. The smallest absolute Gasteiger partial charge is 0.255 e. The van der Waals surface area contributed by atoms with Gasteiger partial charge in [-0.1, -0.05) is 49.4 Å². The SMILES string of the molecule is CCc1ccc(NC(=O)c2ccc(C(=O)NC(C)c3ccccc3)cc2)cc1. The van der Waals surface area contributed by atoms with Gasteiger partial charge in [-0.2, -0.15) is 0 Å². The van der Waals surface area contributed by atoms with E-state index in [0.29, 0.717) is 11.1 Å². The molecule has 3 aromatic rings. The number of benzene rings is 3. The quantitative estimate of drug-likeness (QED) is 0.640. The average molecular weight is 372 g/mol. The summed E-state index contributed by atoms with van der Waals surface area (Å²) < 4.78 is 0. The van der Waals surface area contributed by atoms with Crippen LogP contribution < -0.4 is 10.6 Å². The molecule has 0 aliphatic carbocycles. The Morgan fingerprint density at radius 3 is 1.93 bits per heavy atom. The molecule has 3 rings (SSSR count). The second-order valence-corrected chi connectivity index (χ2v) is 6.69. The van der Waals surface area contributed by atoms with Gasteiger partial charge in [0.25, 0.3) is 11.8 Å². The second kappa shape index (κ2) is 9.00. The van der Waals surface area contributed by atoms with Crippen LogP contribution in [0.4, 0.5) is 5.69 Å². The lowest BCUT2D eigenvalue weighted by molar-refractivity contribution is 0.0938. The summed E-state index contributed by atoms with van der Waals surface area (Å²) in [5, 5.41) is 5.84. The lowest BCUT2D eigenvalue weighted by Gasteiger charge is -2.14. The monoisotopic (exact) mass is 372 g/mol. The van der Waals surface area contributed by atoms with Crippen LogP contribution >= 0.6 is 0 Å². The molecule has 0 saturated carbocycles. The minimum atomic E-state index is -0.200. The molecule has 0 spiro atoms. The lowest BCUT2D eigenvalue weighted by atomic mass is 10.1. The predicted octanol–water partition coefficient (Wildman–Crippen LogP) is 4.99. The first kappa shape index (κ1) is 19.4. The van der Waals surface area contributed by atoms with Crippen LogP contribution in [0.15, 0.2) is 78.9 Å². The molecule has 0 fully saturated rings. The number of hydrogen-bond acceptors (Lipinski definition) is 2. The number of carbonyl (C=O) groups is 2. The Morgan fingerprint density at radius 2 is 1.36 bits per heavy atom. The van der Waals surface area contributed by atoms with Gasteiger partial charge in [0.15, 0.2) is 0 Å². The molecule has 0 bridgehead atoms. The Hall–Kier alpha value is -3.40. The molecule has 1 atom stereocenters. The summed E-state index contributed by atoms with van der Waals surface area (Å²) in [4.78, 5) is 24.9. The molecule has 0 aliphatic rings. The van der Waals surface area contributed by atoms with Crippen LogP contribution in [0.25, 0.3) is 0 Å². The fourth-order valence-electron chi connectivity index (χ4n) is 2.91. The van der Waals surface area contributed by atoms with Gasteiger partial charge in [0.05, 0.1) is 6.04 Å². The van der Waals surface area contributed by atoms with Gasteiger partial charge in [0.2, 0.25) is 0 Å². The molecule has 3 aromatic carbocycles. The molecule has 0 aromatic heterocycles. The minimum Gasteiger partial charge on any atom is -0.346 e. The van der Waals surface area contributed by atoms with E-state index in [0.717, 1.165) is 17.7 Å². The number of anilines is 1. The van der Waals surface area contributed by atoms with E-state index in [1.807, 2.05) is 61.5 Å². The first-order valence-corrected chi connectivity index (χ1v) is 9.43. The minimum absolute atomic E-state index is 0.0947. The van der Waals surface area contributed by atoms with E-state index in [1.165, 1.54) is 5.56 Å². The van der Waals surface area contributed by atoms with Crippen molar-refractivity contribution in [3.05, 3.63) is 101 Å². The zero-order chi connectivity index (χ0) is 19.9. The molecule has 0 radical (unpaired) electrons. The summed E-state index contributed by atoms with van der Waals surface area (Å²) in [7, 11) is 0. The number of nitrogens with one attached hydrogen (secondary N) is 2. The molecule has 4 heteroatoms. The van der Waals surface area contributed by atoms with Crippen molar-refractivity contribution in [1.82, 2.24) is 5.32 Å². The molecule has 28 heavy (non-hydrogen) atoms. The summed E-state index contributed by atoms with van der Waals surface area (Å²) in [6, 6.07) is 24.1. The summed E-state index contributed by atoms with van der Waals surface area (Å²) in [5.74, 6) is -0.368. The van der Waals surface area contributed by atoms with Gasteiger partial charge in [-0.05, 0) is 60.9 Å². The Balaban J connectivity index is 1.61. The summed E-state index contributed by atoms with van der Waals surface area (Å²) in [6.07, 6.45) is 0.959. The number of carbonyl (C=O) groups excluding carboxylic acids is 2. The zero-order valence-corrected chi connectivity index (χ0v) is 16.1. The van der Waals surface area contributed by atoms with E-state index in [2.05, 4.69) is 17.6 Å². The zero-order valence-electron chi connectivity index (χ0n) is 16.1. The lowest BCUT2D eigenvalue weighted by Crippen LogP contribution is -2.26. The van der Waals surface area contributed by atoms with Gasteiger partial charge in [-0.25, -0.2) is 0 Å². The third-order valence-electron chi connectivity index (χ3n) is 4.68. The highest BCUT2D eigenvalue weighted by Crippen LogP contribution is 2.14. The van der Waals surface area contributed by atoms with Crippen molar-refractivity contribution in [2.45, 2.75) is 26.3 Å². The normalized spacial score (nSPS) is 11.5. The van der Waals surface area contributed by atoms with Gasteiger partial charge in [0.1, 0.15) is 0 Å². The molecule has 0 aliphatic heterocycles. The van der Waals surface area contributed by atoms with Crippen molar-refractivity contribution in [2.24, 2.45) is 0 Å². The van der Waals surface area contributed by atoms with Gasteiger partial charge in [-0.3, -0.25) is 9.59 Å². The standard InChI is InChI=1S/C24H24N2O2/c1-3-18-9-15-22(16-10-18)26-24(28)21-13-11-20(12-14-21)23(27)25-17(2)19-7-5-4-6-8-19/h4-17H,3H2,1-2H3,(H,25,27)(H,26,28). The first-order valence-electron chi connectivity index (χ1n) is 9.43. The Kier molecular flexibility index (Phi) is 6.22. The Morgan fingerprint density at radius 1 is 0.786 bits per heavy atom. The molecule has 0 saturated heterocycles. The van der Waals surface area contributed by atoms with E-state index in [9.17, 15) is 9.59 Å². The first-order chi connectivity index (χ1) is 13.6. The van der Waals surface area contributed by atoms with Crippen molar-refractivity contribution < 1.29 is 9.59 Å². The third-order valence-corrected chi connectivity index (χ3v) is 4.68. The van der Waals surface area contributed by atoms with E-state index in [1.54, 1.807) is 24.3 Å². The van der Waals surface area contributed by atoms with Gasteiger partial charge in [0, 0.05) is 16.8 Å². The summed E-state index contributed by atoms with van der Waals surface area (Å²) in [6.45, 7) is 4.03. The maximum Gasteiger partial charge on any atom is 0.255 e. The maximum atomic E-state index is 12.4. The Bertz CT molecular complexity index is 933. The van der Waals surface area contributed by atoms with E-state index < -0.39 is 0 Å². The molecular formula is C24H24N2O2. The molecule has 1 unspecified atom stereocenters. The van der Waals surface area contributed by atoms with Crippen LogP contribution in [-0.2, 0) is 6.42 Å². The van der Waals surface area contributed by atoms with Crippen LogP contribution in [0.2, 0.25) is 0 Å². The number of amides is 2. The van der Waals surface area contributed by atoms with Crippen molar-refractivity contribution in [3.8, 4) is 0 Å². The van der Waals surface area contributed by atoms with E-state index >= 15 is 0 Å². The van der Waals surface area contributed by atoms with E-state index in [4.69, 9.17) is 0 Å². The molecule has 2 amide bonds. The van der Waals surface area contributed by atoms with Crippen molar-refractivity contribution in [2.75, 3.05) is 5.32 Å². The largest absolute Gasteiger partial charge is 0.346 e. The third kappa shape index (κ3) is 4.86. The van der Waals surface area contributed by atoms with Gasteiger partial charge in [-0.15, -0.1) is 0 Å². The van der Waals surface area contributed by atoms with Crippen molar-refractivity contribution >= 4 is 17.5 Å². The fraction of sp³-hybridized carbons (Fsp3) is 0.167. The summed E-state index contributed by atoms with van der Waals surface area (Å²) >= 11 is 0. The fourth-order valence-corrected chi connectivity index (χ4v) is 2.91. The molecular weight excluding hydrogens is 348 g/mol. The van der Waals surface area contributed by atoms with Crippen molar-refractivity contribution in [3.63, 3.8) is 0 Å². The number of hydrogen-bond donors (Lipinski definition) is 2. The maximum absolute atomic E-state index is 12.4. The van der Waals surface area contributed by atoms with Gasteiger partial charge < -0.3 is 10.6 Å². The molecule has 142 valence electrons. The molecule has 4 nitrogen and oxygen atoms in total.